The van der Waals surface area contributed by atoms with E-state index >= 15 is 0 Å². The van der Waals surface area contributed by atoms with E-state index < -0.39 is 0 Å². The molecule has 0 spiro atoms. The van der Waals surface area contributed by atoms with Crippen LogP contribution in [0.3, 0.4) is 0 Å². The molecule has 2 radical (unpaired) electrons. The van der Waals surface area contributed by atoms with Gasteiger partial charge < -0.3 is 2.85 Å². The number of hydrogen-bond acceptors (Lipinski definition) is 0. The summed E-state index contributed by atoms with van der Waals surface area (Å²) < 4.78 is 0. The molecule has 60 valence electrons. The quantitative estimate of drug-likeness (QED) is 0.384. The van der Waals surface area contributed by atoms with Crippen LogP contribution in [0.4, 0.5) is 0 Å². The molecule has 0 unspecified atom stereocenters. The fourth-order valence-electron chi connectivity index (χ4n) is 0. The summed E-state index contributed by atoms with van der Waals surface area (Å²) in [5.41, 5.74) is 0. The van der Waals surface area contributed by atoms with Crippen molar-refractivity contribution in [3.63, 3.8) is 0 Å². The van der Waals surface area contributed by atoms with Gasteiger partial charge in [-0.15, -0.1) is 0 Å². The molecule has 0 saturated heterocycles. The van der Waals surface area contributed by atoms with Crippen LogP contribution in [0.2, 0.25) is 0 Å². The van der Waals surface area contributed by atoms with Crippen LogP contribution in [-0.2, 0) is 126 Å². The Morgan fingerprint density at radius 2 is 1.11 bits per heavy atom. The summed E-state index contributed by atoms with van der Waals surface area (Å²) in [5, 5.41) is 0. The van der Waals surface area contributed by atoms with Gasteiger partial charge >= 0.3 is 23.1 Å². The Bertz CT molecular complexity index is 36.1. The zero-order valence-electron chi connectivity index (χ0n) is 5.67. The second-order valence-corrected chi connectivity index (χ2v) is 0. The van der Waals surface area contributed by atoms with Gasteiger partial charge in [0.15, 0.2) is 0 Å². The molecule has 0 bridgehead atoms. The molecule has 0 amide bonds. The maximum absolute atomic E-state index is 0. The minimum Gasteiger partial charge on any atom is -1.00 e. The van der Waals surface area contributed by atoms with Crippen LogP contribution in [0.15, 0.2) is 0 Å². The topological polar surface area (TPSA) is 0 Å². The predicted octanol–water partition coefficient (Wildman–Crippen LogP) is -1.62. The molecule has 0 aliphatic heterocycles. The van der Waals surface area contributed by atoms with Crippen LogP contribution < -0.4 is 0 Å². The Labute approximate surface area is 160 Å². The second kappa shape index (κ2) is 76.0. The largest absolute Gasteiger partial charge is 2.00 e. The predicted molar refractivity (Wildman–Crippen MR) is 19.3 cm³/mol. The van der Waals surface area contributed by atoms with Gasteiger partial charge in [0.1, 0.15) is 0 Å². The van der Waals surface area contributed by atoms with Crippen molar-refractivity contribution in [1.82, 2.24) is 0 Å². The Kier molecular flexibility index (Phi) is 813. The maximum Gasteiger partial charge on any atom is 2.00 e. The number of rotatable bonds is 0. The Hall–Kier alpha value is 4.91. The normalized spacial score (nSPS) is 0. The van der Waals surface area contributed by atoms with Gasteiger partial charge in [-0.3, -0.25) is 0 Å². The second-order valence-electron chi connectivity index (χ2n) is 0. The zero-order valence-corrected chi connectivity index (χ0v) is 15.1. The van der Waals surface area contributed by atoms with E-state index in [-0.39, 0.29) is 163 Å². The third-order valence-electron chi connectivity index (χ3n) is 0. The summed E-state index contributed by atoms with van der Waals surface area (Å²) in [4.78, 5) is 0. The molecule has 0 aromatic heterocycles. The first-order valence-electron chi connectivity index (χ1n) is 0. The van der Waals surface area contributed by atoms with Crippen LogP contribution in [0, 0.1) is 0 Å². The van der Waals surface area contributed by atoms with Crippen LogP contribution in [0.25, 0.3) is 0 Å². The molecule has 0 saturated carbocycles. The monoisotopic (exact) mass is 454 g/mol. The standard InChI is InChI=1S/Cr.Cu.Fe.Mg.Mn.Ni.H4Si.Ti.Zn.2H/h;;;;;;1H4;;;;/q;;;+2;;;;;;2*-1. The summed E-state index contributed by atoms with van der Waals surface area (Å²) in [6.45, 7) is 0. The third-order valence-corrected chi connectivity index (χ3v) is 0. The van der Waals surface area contributed by atoms with Crippen molar-refractivity contribution in [2.75, 3.05) is 0 Å². The molecule has 0 heterocycles. The molecule has 0 aromatic carbocycles. The summed E-state index contributed by atoms with van der Waals surface area (Å²) >= 11 is 0. The van der Waals surface area contributed by atoms with Gasteiger partial charge in [-0.2, -0.15) is 0 Å². The molecule has 0 atom stereocenters. The molecule has 0 rings (SSSR count). The first-order chi connectivity index (χ1) is 0. The molecule has 0 nitrogen and oxygen atoms in total. The summed E-state index contributed by atoms with van der Waals surface area (Å²) in [5.74, 6) is 0. The molecule has 9 heavy (non-hydrogen) atoms. The van der Waals surface area contributed by atoms with Crippen molar-refractivity contribution in [2.45, 2.75) is 0 Å². The van der Waals surface area contributed by atoms with Crippen LogP contribution in [0.5, 0.6) is 0 Å². The Balaban J connectivity index is 0. The minimum atomic E-state index is 0. The summed E-state index contributed by atoms with van der Waals surface area (Å²) in [6, 6.07) is 0. The van der Waals surface area contributed by atoms with Gasteiger partial charge in [-0.25, -0.2) is 0 Å². The smallest absolute Gasteiger partial charge is 1.00 e. The van der Waals surface area contributed by atoms with Crippen LogP contribution in [-0.4, -0.2) is 34.0 Å². The molecular weight excluding hydrogens is 451 g/mol. The van der Waals surface area contributed by atoms with Crippen molar-refractivity contribution in [3.8, 4) is 0 Å². The van der Waals surface area contributed by atoms with Crippen LogP contribution in [0.1, 0.15) is 2.85 Å². The van der Waals surface area contributed by atoms with Crippen molar-refractivity contribution in [1.29, 1.82) is 0 Å². The SMILES string of the molecule is [Cr].[Cu].[Fe].[H-].[H-].[Mg+2].[Mn].[Ni].[SiH4].[Ti].[Zn]. The average Bonchev–Trinajstić information content (AvgIpc) is 0. The van der Waals surface area contributed by atoms with Gasteiger partial charge in [0.25, 0.3) is 0 Å². The minimum absolute atomic E-state index is 0. The van der Waals surface area contributed by atoms with E-state index in [1.54, 1.807) is 0 Å². The molecular formula is H6CrCuFeMgMnNiSiTiZn. The van der Waals surface area contributed by atoms with Crippen molar-refractivity contribution < 1.29 is 129 Å². The molecule has 0 aliphatic carbocycles. The Morgan fingerprint density at radius 1 is 1.11 bits per heavy atom. The molecule has 0 N–H and O–H groups in total. The maximum atomic E-state index is 0. The van der Waals surface area contributed by atoms with Crippen molar-refractivity contribution >= 4 is 34.0 Å². The third kappa shape index (κ3) is 63.8. The van der Waals surface area contributed by atoms with Gasteiger partial charge in [0.05, 0.1) is 0 Å². The van der Waals surface area contributed by atoms with E-state index in [0.717, 1.165) is 0 Å². The first kappa shape index (κ1) is 96.2. The van der Waals surface area contributed by atoms with Gasteiger partial charge in [0.2, 0.25) is 0 Å². The number of hydrogen-bond donors (Lipinski definition) is 0. The van der Waals surface area contributed by atoms with Gasteiger partial charge in [0, 0.05) is 126 Å². The van der Waals surface area contributed by atoms with E-state index in [9.17, 15) is 0 Å². The van der Waals surface area contributed by atoms with E-state index in [1.807, 2.05) is 0 Å². The van der Waals surface area contributed by atoms with E-state index in [4.69, 9.17) is 0 Å². The molecule has 0 aromatic rings. The fourth-order valence-corrected chi connectivity index (χ4v) is 0. The van der Waals surface area contributed by atoms with E-state index in [0.29, 0.717) is 0 Å². The van der Waals surface area contributed by atoms with E-state index in [2.05, 4.69) is 0 Å². The zero-order chi connectivity index (χ0) is 0. The van der Waals surface area contributed by atoms with Crippen molar-refractivity contribution in [2.24, 2.45) is 0 Å². The van der Waals surface area contributed by atoms with Gasteiger partial charge in [-0.1, -0.05) is 0 Å². The Morgan fingerprint density at radius 3 is 1.11 bits per heavy atom. The molecule has 0 aliphatic rings. The average molecular weight is 457 g/mol. The molecule has 9 heteroatoms. The van der Waals surface area contributed by atoms with Gasteiger partial charge in [-0.05, 0) is 11.0 Å². The fraction of sp³-hybridized carbons (Fsp3) is 0. The van der Waals surface area contributed by atoms with Crippen molar-refractivity contribution in [3.05, 3.63) is 0 Å². The van der Waals surface area contributed by atoms with E-state index in [1.165, 1.54) is 0 Å². The molecule has 0 fully saturated rings. The van der Waals surface area contributed by atoms with Crippen LogP contribution >= 0.6 is 0 Å². The summed E-state index contributed by atoms with van der Waals surface area (Å²) in [6.07, 6.45) is 0. The first-order valence-corrected chi connectivity index (χ1v) is 0. The summed E-state index contributed by atoms with van der Waals surface area (Å²) in [7, 11) is 0.